The van der Waals surface area contributed by atoms with Crippen molar-refractivity contribution in [3.63, 3.8) is 0 Å². The van der Waals surface area contributed by atoms with Crippen LogP contribution in [0.1, 0.15) is 41.8 Å². The zero-order chi connectivity index (χ0) is 14.6. The number of aryl methyl sites for hydroxylation is 2. The first-order valence-electron chi connectivity index (χ1n) is 6.45. The van der Waals surface area contributed by atoms with Gasteiger partial charge in [0.05, 0.1) is 19.3 Å². The summed E-state index contributed by atoms with van der Waals surface area (Å²) in [6, 6.07) is 3.60. The summed E-state index contributed by atoms with van der Waals surface area (Å²) in [5.74, 6) is 0.629. The number of carbonyl (C=O) groups excluding carboxylic acids is 1. The lowest BCUT2D eigenvalue weighted by atomic mass is 9.98. The molecule has 0 aliphatic carbocycles. The molecule has 0 aliphatic rings. The molecule has 0 bridgehead atoms. The Labute approximate surface area is 114 Å². The predicted octanol–water partition coefficient (Wildman–Crippen LogP) is 2.20. The monoisotopic (exact) mass is 265 g/mol. The molecule has 1 amide bonds. The number of aliphatic hydroxyl groups excluding tert-OH is 1. The van der Waals surface area contributed by atoms with E-state index in [2.05, 4.69) is 5.32 Å². The number of hydrogen-bond donors (Lipinski definition) is 2. The largest absolute Gasteiger partial charge is 0.496 e. The van der Waals surface area contributed by atoms with E-state index >= 15 is 0 Å². The van der Waals surface area contributed by atoms with Gasteiger partial charge < -0.3 is 15.2 Å². The Morgan fingerprint density at radius 1 is 1.37 bits per heavy atom. The standard InChI is InChI=1S/C15H23NO3/c1-6-15(4,9-17)16-14(18)12-7-10(2)13(19-5)11(3)8-12/h7-8,17H,6,9H2,1-5H3,(H,16,18)/t15-/m0/s1. The lowest BCUT2D eigenvalue weighted by molar-refractivity contribution is 0.0847. The third-order valence-corrected chi connectivity index (χ3v) is 3.47. The van der Waals surface area contributed by atoms with Crippen molar-refractivity contribution in [3.05, 3.63) is 28.8 Å². The van der Waals surface area contributed by atoms with Gasteiger partial charge in [-0.25, -0.2) is 0 Å². The van der Waals surface area contributed by atoms with E-state index in [4.69, 9.17) is 4.74 Å². The van der Waals surface area contributed by atoms with Crippen LogP contribution < -0.4 is 10.1 Å². The van der Waals surface area contributed by atoms with Crippen LogP contribution in [0.15, 0.2) is 12.1 Å². The minimum atomic E-state index is -0.585. The molecule has 0 aromatic heterocycles. The minimum Gasteiger partial charge on any atom is -0.496 e. The van der Waals surface area contributed by atoms with Crippen molar-refractivity contribution in [1.29, 1.82) is 0 Å². The molecule has 0 saturated carbocycles. The first-order valence-corrected chi connectivity index (χ1v) is 6.45. The quantitative estimate of drug-likeness (QED) is 0.858. The minimum absolute atomic E-state index is 0.0800. The maximum absolute atomic E-state index is 12.2. The van der Waals surface area contributed by atoms with Gasteiger partial charge in [-0.15, -0.1) is 0 Å². The Morgan fingerprint density at radius 3 is 2.26 bits per heavy atom. The number of hydrogen-bond acceptors (Lipinski definition) is 3. The van der Waals surface area contributed by atoms with E-state index in [0.29, 0.717) is 12.0 Å². The summed E-state index contributed by atoms with van der Waals surface area (Å²) in [7, 11) is 1.62. The highest BCUT2D eigenvalue weighted by Gasteiger charge is 2.24. The molecule has 1 atom stereocenters. The molecule has 106 valence electrons. The number of benzene rings is 1. The first kappa shape index (κ1) is 15.5. The van der Waals surface area contributed by atoms with Crippen molar-refractivity contribution in [1.82, 2.24) is 5.32 Å². The van der Waals surface area contributed by atoms with Crippen LogP contribution in [0.3, 0.4) is 0 Å². The maximum Gasteiger partial charge on any atom is 0.251 e. The highest BCUT2D eigenvalue weighted by molar-refractivity contribution is 5.95. The van der Waals surface area contributed by atoms with Crippen LogP contribution in [-0.4, -0.2) is 30.3 Å². The third kappa shape index (κ3) is 3.47. The van der Waals surface area contributed by atoms with E-state index in [0.717, 1.165) is 16.9 Å². The Morgan fingerprint density at radius 2 is 1.89 bits per heavy atom. The summed E-state index contributed by atoms with van der Waals surface area (Å²) in [6.07, 6.45) is 0.670. The van der Waals surface area contributed by atoms with Crippen molar-refractivity contribution in [3.8, 4) is 5.75 Å². The van der Waals surface area contributed by atoms with Crippen LogP contribution in [0, 0.1) is 13.8 Å². The zero-order valence-corrected chi connectivity index (χ0v) is 12.3. The van der Waals surface area contributed by atoms with Crippen LogP contribution in [0.4, 0.5) is 0 Å². The number of nitrogens with one attached hydrogen (secondary N) is 1. The fourth-order valence-electron chi connectivity index (χ4n) is 1.99. The lowest BCUT2D eigenvalue weighted by Gasteiger charge is -2.27. The number of aliphatic hydroxyl groups is 1. The fraction of sp³-hybridized carbons (Fsp3) is 0.533. The van der Waals surface area contributed by atoms with Gasteiger partial charge in [0.25, 0.3) is 5.91 Å². The van der Waals surface area contributed by atoms with Gasteiger partial charge in [-0.2, -0.15) is 0 Å². The number of ether oxygens (including phenoxy) is 1. The van der Waals surface area contributed by atoms with E-state index in [1.165, 1.54) is 0 Å². The van der Waals surface area contributed by atoms with Crippen molar-refractivity contribution >= 4 is 5.91 Å². The average Bonchev–Trinajstić information content (AvgIpc) is 2.38. The molecule has 0 saturated heterocycles. The Bertz CT molecular complexity index is 441. The van der Waals surface area contributed by atoms with Crippen molar-refractivity contribution in [2.45, 2.75) is 39.7 Å². The van der Waals surface area contributed by atoms with Gasteiger partial charge in [0.1, 0.15) is 5.75 Å². The molecule has 2 N–H and O–H groups in total. The molecule has 0 radical (unpaired) electrons. The van der Waals surface area contributed by atoms with Gasteiger partial charge in [0, 0.05) is 5.56 Å². The Hall–Kier alpha value is -1.55. The summed E-state index contributed by atoms with van der Waals surface area (Å²) in [5.41, 5.74) is 1.85. The molecule has 4 nitrogen and oxygen atoms in total. The number of carbonyl (C=O) groups is 1. The van der Waals surface area contributed by atoms with Crippen LogP contribution in [0.25, 0.3) is 0 Å². The maximum atomic E-state index is 12.2. The topological polar surface area (TPSA) is 58.6 Å². The fourth-order valence-corrected chi connectivity index (χ4v) is 1.99. The van der Waals surface area contributed by atoms with E-state index in [9.17, 15) is 9.90 Å². The van der Waals surface area contributed by atoms with Crippen molar-refractivity contribution in [2.24, 2.45) is 0 Å². The van der Waals surface area contributed by atoms with Gasteiger partial charge in [-0.1, -0.05) is 6.92 Å². The van der Waals surface area contributed by atoms with Crippen LogP contribution >= 0.6 is 0 Å². The van der Waals surface area contributed by atoms with Crippen LogP contribution in [0.2, 0.25) is 0 Å². The van der Waals surface area contributed by atoms with Crippen molar-refractivity contribution < 1.29 is 14.6 Å². The second-order valence-corrected chi connectivity index (χ2v) is 5.17. The summed E-state index contributed by atoms with van der Waals surface area (Å²) < 4.78 is 5.28. The second-order valence-electron chi connectivity index (χ2n) is 5.17. The SMILES string of the molecule is CC[C@@](C)(CO)NC(=O)c1cc(C)c(OC)c(C)c1. The number of amides is 1. The van der Waals surface area contributed by atoms with Gasteiger partial charge in [-0.3, -0.25) is 4.79 Å². The van der Waals surface area contributed by atoms with Gasteiger partial charge in [-0.05, 0) is 50.5 Å². The normalized spacial score (nSPS) is 13.8. The van der Waals surface area contributed by atoms with Crippen LogP contribution in [-0.2, 0) is 0 Å². The molecule has 1 aromatic rings. The molecule has 0 spiro atoms. The molecule has 19 heavy (non-hydrogen) atoms. The van der Waals surface area contributed by atoms with Gasteiger partial charge >= 0.3 is 0 Å². The highest BCUT2D eigenvalue weighted by Crippen LogP contribution is 2.24. The average molecular weight is 265 g/mol. The van der Waals surface area contributed by atoms with E-state index < -0.39 is 5.54 Å². The van der Waals surface area contributed by atoms with Gasteiger partial charge in [0.15, 0.2) is 0 Å². The molecular weight excluding hydrogens is 242 g/mol. The molecule has 0 aliphatic heterocycles. The molecule has 1 rings (SSSR count). The summed E-state index contributed by atoms with van der Waals surface area (Å²) in [5, 5.41) is 12.2. The molecule has 0 fully saturated rings. The summed E-state index contributed by atoms with van der Waals surface area (Å²) in [6.45, 7) is 7.50. The second kappa shape index (κ2) is 6.06. The zero-order valence-electron chi connectivity index (χ0n) is 12.3. The highest BCUT2D eigenvalue weighted by atomic mass is 16.5. The molecular formula is C15H23NO3. The van der Waals surface area contributed by atoms with Crippen LogP contribution in [0.5, 0.6) is 5.75 Å². The smallest absolute Gasteiger partial charge is 0.251 e. The predicted molar refractivity (Wildman–Crippen MR) is 75.7 cm³/mol. The Balaban J connectivity index is 3.02. The van der Waals surface area contributed by atoms with E-state index in [-0.39, 0.29) is 12.5 Å². The number of methoxy groups -OCH3 is 1. The molecule has 0 unspecified atom stereocenters. The van der Waals surface area contributed by atoms with Crippen molar-refractivity contribution in [2.75, 3.05) is 13.7 Å². The summed E-state index contributed by atoms with van der Waals surface area (Å²) >= 11 is 0. The lowest BCUT2D eigenvalue weighted by Crippen LogP contribution is -2.48. The Kier molecular flexibility index (Phi) is 4.95. The van der Waals surface area contributed by atoms with Gasteiger partial charge in [0.2, 0.25) is 0 Å². The van der Waals surface area contributed by atoms with E-state index in [1.54, 1.807) is 19.2 Å². The molecule has 0 heterocycles. The summed E-state index contributed by atoms with van der Waals surface area (Å²) in [4.78, 5) is 12.2. The third-order valence-electron chi connectivity index (χ3n) is 3.47. The molecule has 4 heteroatoms. The first-order chi connectivity index (χ1) is 8.86. The molecule has 1 aromatic carbocycles. The number of rotatable bonds is 5. The van der Waals surface area contributed by atoms with E-state index in [1.807, 2.05) is 27.7 Å².